The van der Waals surface area contributed by atoms with Crippen molar-refractivity contribution in [2.75, 3.05) is 11.9 Å². The summed E-state index contributed by atoms with van der Waals surface area (Å²) in [5.74, 6) is 0.617. The van der Waals surface area contributed by atoms with Crippen LogP contribution in [0.3, 0.4) is 0 Å². The van der Waals surface area contributed by atoms with E-state index in [4.69, 9.17) is 4.74 Å². The number of nitrogens with one attached hydrogen (secondary N) is 1. The highest BCUT2D eigenvalue weighted by molar-refractivity contribution is 6.08. The monoisotopic (exact) mass is 457 g/mol. The summed E-state index contributed by atoms with van der Waals surface area (Å²) >= 11 is 0. The van der Waals surface area contributed by atoms with Crippen molar-refractivity contribution in [2.45, 2.75) is 50.5 Å². The second-order valence-corrected chi connectivity index (χ2v) is 8.23. The molecule has 2 aromatic heterocycles. The molecule has 0 aliphatic carbocycles. The van der Waals surface area contributed by atoms with Gasteiger partial charge in [0.25, 0.3) is 5.91 Å². The first-order valence-corrected chi connectivity index (χ1v) is 10.9. The van der Waals surface area contributed by atoms with Crippen LogP contribution in [0.15, 0.2) is 42.9 Å². The summed E-state index contributed by atoms with van der Waals surface area (Å²) in [6.45, 7) is 2.28. The van der Waals surface area contributed by atoms with Crippen LogP contribution in [0.25, 0.3) is 10.9 Å². The smallest absolute Gasteiger partial charge is 0.434 e. The topological polar surface area (TPSA) is 80.2 Å². The van der Waals surface area contributed by atoms with E-state index in [9.17, 15) is 18.0 Å². The van der Waals surface area contributed by atoms with E-state index in [0.717, 1.165) is 24.4 Å². The number of carbonyl (C=O) groups excluding carboxylic acids is 1. The maximum atomic E-state index is 13.8. The molecule has 4 heterocycles. The molecule has 0 radical (unpaired) electrons. The number of rotatable bonds is 5. The lowest BCUT2D eigenvalue weighted by molar-refractivity contribution is -0.141. The Labute approximate surface area is 188 Å². The van der Waals surface area contributed by atoms with Crippen LogP contribution >= 0.6 is 0 Å². The van der Waals surface area contributed by atoms with Gasteiger partial charge >= 0.3 is 6.18 Å². The Morgan fingerprint density at radius 2 is 2.03 bits per heavy atom. The summed E-state index contributed by atoms with van der Waals surface area (Å²) in [4.78, 5) is 27.5. The van der Waals surface area contributed by atoms with E-state index >= 15 is 0 Å². The standard InChI is InChI=1S/C23H22F3N5O2/c1-2-33-17-8-5-13-4-3-9-27-21(13)20(17)22(32)31-14-6-7-16(31)15(10-14)30-19-12-28-18(11-29-19)23(24,25)26/h3-5,8-9,11-12,14-16H,2,6-7,10H2,1H3,(H,29,30)/t14-,15-,16+/m1/s1. The molecule has 2 bridgehead atoms. The Kier molecular flexibility index (Phi) is 5.30. The molecular weight excluding hydrogens is 435 g/mol. The summed E-state index contributed by atoms with van der Waals surface area (Å²) in [7, 11) is 0. The lowest BCUT2D eigenvalue weighted by Gasteiger charge is -2.26. The fraction of sp³-hybridized carbons (Fsp3) is 0.391. The van der Waals surface area contributed by atoms with Crippen LogP contribution in [0.2, 0.25) is 0 Å². The minimum absolute atomic E-state index is 0.0239. The van der Waals surface area contributed by atoms with E-state index in [1.54, 1.807) is 12.3 Å². The summed E-state index contributed by atoms with van der Waals surface area (Å²) in [5.41, 5.74) is 0.00407. The van der Waals surface area contributed by atoms with Gasteiger partial charge in [0, 0.05) is 17.6 Å². The molecule has 1 aromatic carbocycles. The van der Waals surface area contributed by atoms with Gasteiger partial charge in [0.1, 0.15) is 17.1 Å². The van der Waals surface area contributed by atoms with Crippen LogP contribution in [0.4, 0.5) is 19.0 Å². The molecule has 2 fully saturated rings. The first kappa shape index (κ1) is 21.4. The van der Waals surface area contributed by atoms with Crippen molar-refractivity contribution in [3.63, 3.8) is 0 Å². The van der Waals surface area contributed by atoms with E-state index in [1.165, 1.54) is 0 Å². The molecule has 5 rings (SSSR count). The third kappa shape index (κ3) is 3.83. The fourth-order valence-corrected chi connectivity index (χ4v) is 4.94. The zero-order chi connectivity index (χ0) is 23.2. The van der Waals surface area contributed by atoms with Gasteiger partial charge in [-0.25, -0.2) is 9.97 Å². The second-order valence-electron chi connectivity index (χ2n) is 8.23. The maximum absolute atomic E-state index is 13.8. The van der Waals surface area contributed by atoms with Gasteiger partial charge in [0.05, 0.1) is 36.6 Å². The van der Waals surface area contributed by atoms with Gasteiger partial charge in [-0.2, -0.15) is 13.2 Å². The molecule has 1 amide bonds. The largest absolute Gasteiger partial charge is 0.493 e. The normalized spacial score (nSPS) is 22.1. The number of hydrogen-bond donors (Lipinski definition) is 1. The molecule has 10 heteroatoms. The number of pyridine rings is 1. The highest BCUT2D eigenvalue weighted by atomic mass is 19.4. The van der Waals surface area contributed by atoms with Gasteiger partial charge < -0.3 is 15.0 Å². The molecule has 7 nitrogen and oxygen atoms in total. The third-order valence-electron chi connectivity index (χ3n) is 6.30. The van der Waals surface area contributed by atoms with Crippen LogP contribution in [-0.2, 0) is 6.18 Å². The van der Waals surface area contributed by atoms with E-state index < -0.39 is 11.9 Å². The van der Waals surface area contributed by atoms with Crippen LogP contribution in [0, 0.1) is 0 Å². The molecule has 2 aliphatic heterocycles. The van der Waals surface area contributed by atoms with Crippen molar-refractivity contribution < 1.29 is 22.7 Å². The number of benzene rings is 1. The van der Waals surface area contributed by atoms with Crippen molar-refractivity contribution in [1.29, 1.82) is 0 Å². The van der Waals surface area contributed by atoms with E-state index in [-0.39, 0.29) is 29.9 Å². The lowest BCUT2D eigenvalue weighted by Crippen LogP contribution is -2.40. The lowest BCUT2D eigenvalue weighted by atomic mass is 9.95. The van der Waals surface area contributed by atoms with Gasteiger partial charge in [0.15, 0.2) is 5.69 Å². The van der Waals surface area contributed by atoms with Crippen molar-refractivity contribution in [3.8, 4) is 5.75 Å². The van der Waals surface area contributed by atoms with Crippen LogP contribution in [0.1, 0.15) is 42.2 Å². The zero-order valence-electron chi connectivity index (χ0n) is 17.8. The molecule has 1 N–H and O–H groups in total. The molecule has 3 atom stereocenters. The Hall–Kier alpha value is -3.43. The van der Waals surface area contributed by atoms with E-state index in [0.29, 0.717) is 36.1 Å². The number of fused-ring (bicyclic) bond motifs is 3. The van der Waals surface area contributed by atoms with E-state index in [1.807, 2.05) is 30.0 Å². The molecule has 3 aromatic rings. The molecule has 172 valence electrons. The van der Waals surface area contributed by atoms with Crippen LogP contribution in [0.5, 0.6) is 5.75 Å². The highest BCUT2D eigenvalue weighted by Crippen LogP contribution is 2.41. The Morgan fingerprint density at radius 1 is 1.18 bits per heavy atom. The van der Waals surface area contributed by atoms with Gasteiger partial charge in [-0.15, -0.1) is 0 Å². The molecule has 0 unspecified atom stereocenters. The fourth-order valence-electron chi connectivity index (χ4n) is 4.94. The minimum Gasteiger partial charge on any atom is -0.493 e. The number of nitrogens with zero attached hydrogens (tertiary/aromatic N) is 4. The summed E-state index contributed by atoms with van der Waals surface area (Å²) < 4.78 is 44.1. The van der Waals surface area contributed by atoms with Gasteiger partial charge in [0.2, 0.25) is 0 Å². The van der Waals surface area contributed by atoms with Gasteiger partial charge in [-0.05, 0) is 44.4 Å². The quantitative estimate of drug-likeness (QED) is 0.616. The average Bonchev–Trinajstić information content (AvgIpc) is 3.36. The zero-order valence-corrected chi connectivity index (χ0v) is 17.8. The number of carbonyl (C=O) groups is 1. The van der Waals surface area contributed by atoms with Crippen LogP contribution < -0.4 is 10.1 Å². The first-order valence-electron chi connectivity index (χ1n) is 10.9. The number of alkyl halides is 3. The molecule has 0 spiro atoms. The number of anilines is 1. The second kappa shape index (κ2) is 8.17. The SMILES string of the molecule is CCOc1ccc2cccnc2c1C(=O)N1[C@@H]2CC[C@H]1[C@H](Nc1cnc(C(F)(F)F)cn1)C2. The predicted octanol–water partition coefficient (Wildman–Crippen LogP) is 4.30. The summed E-state index contributed by atoms with van der Waals surface area (Å²) in [5, 5.41) is 4.03. The van der Waals surface area contributed by atoms with Gasteiger partial charge in [-0.1, -0.05) is 6.07 Å². The summed E-state index contributed by atoms with van der Waals surface area (Å²) in [6, 6.07) is 7.19. The maximum Gasteiger partial charge on any atom is 0.434 e. The Morgan fingerprint density at radius 3 is 2.76 bits per heavy atom. The number of halogens is 3. The molecule has 2 saturated heterocycles. The Bertz CT molecular complexity index is 1180. The number of hydrogen-bond acceptors (Lipinski definition) is 6. The molecule has 33 heavy (non-hydrogen) atoms. The Balaban J connectivity index is 1.41. The van der Waals surface area contributed by atoms with Crippen molar-refractivity contribution in [1.82, 2.24) is 19.9 Å². The average molecular weight is 457 g/mol. The minimum atomic E-state index is -4.54. The number of ether oxygens (including phenoxy) is 1. The molecule has 0 saturated carbocycles. The number of aromatic nitrogens is 3. The summed E-state index contributed by atoms with van der Waals surface area (Å²) in [6.07, 6.45) is 1.27. The third-order valence-corrected chi connectivity index (χ3v) is 6.30. The predicted molar refractivity (Wildman–Crippen MR) is 115 cm³/mol. The first-order chi connectivity index (χ1) is 15.9. The molecular formula is C23H22F3N5O2. The van der Waals surface area contributed by atoms with Crippen molar-refractivity contribution in [3.05, 3.63) is 54.1 Å². The van der Waals surface area contributed by atoms with Gasteiger partial charge in [-0.3, -0.25) is 9.78 Å². The van der Waals surface area contributed by atoms with Crippen LogP contribution in [-0.4, -0.2) is 50.5 Å². The van der Waals surface area contributed by atoms with Crippen molar-refractivity contribution >= 4 is 22.6 Å². The van der Waals surface area contributed by atoms with E-state index in [2.05, 4.69) is 20.3 Å². The highest BCUT2D eigenvalue weighted by Gasteiger charge is 2.49. The number of amides is 1. The molecule has 2 aliphatic rings. The van der Waals surface area contributed by atoms with Crippen molar-refractivity contribution in [2.24, 2.45) is 0 Å².